The maximum Gasteiger partial charge on any atom is 0.307 e. The summed E-state index contributed by atoms with van der Waals surface area (Å²) in [4.78, 5) is 29.5. The molecule has 246 valence electrons. The van der Waals surface area contributed by atoms with Crippen molar-refractivity contribution >= 4 is 11.9 Å². The summed E-state index contributed by atoms with van der Waals surface area (Å²) in [6, 6.07) is 0.909. The molecule has 8 heteroatoms. The Morgan fingerprint density at radius 1 is 0.571 bits per heavy atom. The molecule has 0 radical (unpaired) electrons. The monoisotopic (exact) mass is 595 g/mol. The SMILES string of the molecule is CCOC(=O)CCN(CCCCCCN(CCC(=O)OCC)C1CC(C)(C)NC(C)(C)C1)C1CC(C)(C)NC(C)(C)C1. The lowest BCUT2D eigenvalue weighted by Gasteiger charge is -2.50. The highest BCUT2D eigenvalue weighted by Gasteiger charge is 2.41. The number of unbranched alkanes of at least 4 members (excludes halogenated alkanes) is 3. The van der Waals surface area contributed by atoms with Crippen molar-refractivity contribution in [1.29, 1.82) is 0 Å². The Hall–Kier alpha value is -1.22. The molecular formula is C34H66N4O4. The number of esters is 2. The predicted octanol–water partition coefficient (Wildman–Crippen LogP) is 5.68. The molecule has 2 saturated heterocycles. The van der Waals surface area contributed by atoms with Crippen LogP contribution in [0.3, 0.4) is 0 Å². The summed E-state index contributed by atoms with van der Waals surface area (Å²) < 4.78 is 10.5. The van der Waals surface area contributed by atoms with Gasteiger partial charge in [0.2, 0.25) is 0 Å². The minimum Gasteiger partial charge on any atom is -0.466 e. The third kappa shape index (κ3) is 13.6. The van der Waals surface area contributed by atoms with Crippen LogP contribution in [0.5, 0.6) is 0 Å². The molecule has 0 aromatic heterocycles. The van der Waals surface area contributed by atoms with Crippen LogP contribution in [0.1, 0.15) is 133 Å². The fraction of sp³-hybridized carbons (Fsp3) is 0.941. The van der Waals surface area contributed by atoms with Gasteiger partial charge in [0.25, 0.3) is 0 Å². The second kappa shape index (κ2) is 16.2. The molecule has 0 saturated carbocycles. The Morgan fingerprint density at radius 3 is 1.17 bits per heavy atom. The zero-order chi connectivity index (χ0) is 31.6. The van der Waals surface area contributed by atoms with Crippen LogP contribution in [-0.4, -0.2) is 95.4 Å². The van der Waals surface area contributed by atoms with Gasteiger partial charge < -0.3 is 20.1 Å². The number of piperidine rings is 2. The minimum absolute atomic E-state index is 0.0688. The standard InChI is InChI=1S/C34H66N4O4/c1-11-41-29(39)17-21-37(27-23-31(3,4)35-32(5,6)24-27)19-15-13-14-16-20-38(22-18-30(40)42-12-2)28-25-33(7,8)36-34(9,10)26-28/h27-28,35-36H,11-26H2,1-10H3. The first kappa shape index (κ1) is 37.0. The maximum atomic E-state index is 12.2. The summed E-state index contributed by atoms with van der Waals surface area (Å²) in [5.74, 6) is -0.190. The van der Waals surface area contributed by atoms with E-state index in [2.05, 4.69) is 75.8 Å². The third-order valence-corrected chi connectivity index (χ3v) is 8.83. The largest absolute Gasteiger partial charge is 0.466 e. The highest BCUT2D eigenvalue weighted by atomic mass is 16.5. The molecule has 8 nitrogen and oxygen atoms in total. The van der Waals surface area contributed by atoms with Crippen molar-refractivity contribution in [1.82, 2.24) is 20.4 Å². The second-order valence-corrected chi connectivity index (χ2v) is 15.5. The molecule has 0 aromatic carbocycles. The van der Waals surface area contributed by atoms with E-state index in [1.165, 1.54) is 12.8 Å². The van der Waals surface area contributed by atoms with Gasteiger partial charge in [0, 0.05) is 47.3 Å². The summed E-state index contributed by atoms with van der Waals surface area (Å²) >= 11 is 0. The minimum atomic E-state index is -0.0952. The van der Waals surface area contributed by atoms with Gasteiger partial charge >= 0.3 is 11.9 Å². The normalized spacial score (nSPS) is 21.9. The van der Waals surface area contributed by atoms with E-state index in [9.17, 15) is 9.59 Å². The highest BCUT2D eigenvalue weighted by Crippen LogP contribution is 2.33. The first-order chi connectivity index (χ1) is 19.5. The van der Waals surface area contributed by atoms with E-state index < -0.39 is 0 Å². The van der Waals surface area contributed by atoms with Gasteiger partial charge in [0.05, 0.1) is 26.1 Å². The first-order valence-corrected chi connectivity index (χ1v) is 16.8. The fourth-order valence-electron chi connectivity index (χ4n) is 7.93. The van der Waals surface area contributed by atoms with Crippen LogP contribution in [0.25, 0.3) is 0 Å². The van der Waals surface area contributed by atoms with Crippen molar-refractivity contribution in [2.24, 2.45) is 0 Å². The van der Waals surface area contributed by atoms with Crippen LogP contribution in [0.15, 0.2) is 0 Å². The van der Waals surface area contributed by atoms with Crippen LogP contribution in [0, 0.1) is 0 Å². The average Bonchev–Trinajstić information content (AvgIpc) is 2.81. The maximum absolute atomic E-state index is 12.2. The molecule has 0 unspecified atom stereocenters. The predicted molar refractivity (Wildman–Crippen MR) is 173 cm³/mol. The lowest BCUT2D eigenvalue weighted by atomic mass is 9.79. The van der Waals surface area contributed by atoms with Gasteiger partial charge in [-0.1, -0.05) is 12.8 Å². The summed E-state index contributed by atoms with van der Waals surface area (Å²) in [6.45, 7) is 26.5. The van der Waals surface area contributed by atoms with Gasteiger partial charge in [-0.15, -0.1) is 0 Å². The first-order valence-electron chi connectivity index (χ1n) is 16.8. The van der Waals surface area contributed by atoms with Gasteiger partial charge in [-0.2, -0.15) is 0 Å². The third-order valence-electron chi connectivity index (χ3n) is 8.83. The average molecular weight is 595 g/mol. The van der Waals surface area contributed by atoms with E-state index in [1.807, 2.05) is 13.8 Å². The molecule has 2 rings (SSSR count). The van der Waals surface area contributed by atoms with E-state index in [-0.39, 0.29) is 34.1 Å². The molecular weight excluding hydrogens is 528 g/mol. The van der Waals surface area contributed by atoms with Crippen LogP contribution in [-0.2, 0) is 19.1 Å². The van der Waals surface area contributed by atoms with Gasteiger partial charge in [-0.05, 0) is 121 Å². The molecule has 0 atom stereocenters. The molecule has 2 fully saturated rings. The molecule has 2 aliphatic rings. The lowest BCUT2D eigenvalue weighted by molar-refractivity contribution is -0.144. The number of hydrogen-bond acceptors (Lipinski definition) is 8. The Morgan fingerprint density at radius 2 is 0.881 bits per heavy atom. The highest BCUT2D eigenvalue weighted by molar-refractivity contribution is 5.69. The number of rotatable bonds is 17. The van der Waals surface area contributed by atoms with Crippen LogP contribution in [0.4, 0.5) is 0 Å². The molecule has 2 aliphatic heterocycles. The topological polar surface area (TPSA) is 83.1 Å². The number of hydrogen-bond donors (Lipinski definition) is 2. The van der Waals surface area contributed by atoms with Crippen molar-refractivity contribution < 1.29 is 19.1 Å². The van der Waals surface area contributed by atoms with Crippen molar-refractivity contribution in [3.8, 4) is 0 Å². The number of ether oxygens (including phenoxy) is 2. The quantitative estimate of drug-likeness (QED) is 0.165. The van der Waals surface area contributed by atoms with Crippen molar-refractivity contribution in [2.45, 2.75) is 168 Å². The van der Waals surface area contributed by atoms with Gasteiger partial charge in [0.15, 0.2) is 0 Å². The van der Waals surface area contributed by atoms with E-state index in [0.717, 1.165) is 64.7 Å². The number of nitrogens with zero attached hydrogens (tertiary/aromatic N) is 2. The molecule has 2 heterocycles. The van der Waals surface area contributed by atoms with Crippen LogP contribution in [0.2, 0.25) is 0 Å². The smallest absolute Gasteiger partial charge is 0.307 e. The van der Waals surface area contributed by atoms with Crippen molar-refractivity contribution in [3.63, 3.8) is 0 Å². The second-order valence-electron chi connectivity index (χ2n) is 15.5. The Bertz CT molecular complexity index is 741. The molecule has 2 N–H and O–H groups in total. The molecule has 0 aromatic rings. The number of carbonyl (C=O) groups is 2. The molecule has 0 aliphatic carbocycles. The Balaban J connectivity index is 1.94. The van der Waals surface area contributed by atoms with Crippen LogP contribution < -0.4 is 10.6 Å². The zero-order valence-electron chi connectivity index (χ0n) is 29.0. The lowest BCUT2D eigenvalue weighted by Crippen LogP contribution is -2.62. The van der Waals surface area contributed by atoms with E-state index >= 15 is 0 Å². The summed E-state index contributed by atoms with van der Waals surface area (Å²) in [7, 11) is 0. The van der Waals surface area contributed by atoms with Gasteiger partial charge in [0.1, 0.15) is 0 Å². The molecule has 0 bridgehead atoms. The zero-order valence-corrected chi connectivity index (χ0v) is 29.0. The molecule has 0 amide bonds. The fourth-order valence-corrected chi connectivity index (χ4v) is 7.93. The van der Waals surface area contributed by atoms with E-state index in [0.29, 0.717) is 38.1 Å². The molecule has 42 heavy (non-hydrogen) atoms. The summed E-state index contributed by atoms with van der Waals surface area (Å²) in [5, 5.41) is 7.60. The van der Waals surface area contributed by atoms with Crippen molar-refractivity contribution in [3.05, 3.63) is 0 Å². The van der Waals surface area contributed by atoms with Gasteiger partial charge in [-0.25, -0.2) is 0 Å². The number of carbonyl (C=O) groups excluding carboxylic acids is 2. The Kier molecular flexibility index (Phi) is 14.3. The van der Waals surface area contributed by atoms with Crippen LogP contribution >= 0.6 is 0 Å². The summed E-state index contributed by atoms with van der Waals surface area (Å²) in [6.07, 6.45) is 9.83. The summed E-state index contributed by atoms with van der Waals surface area (Å²) in [5.41, 5.74) is 0.275. The van der Waals surface area contributed by atoms with Crippen molar-refractivity contribution in [2.75, 3.05) is 39.4 Å². The van der Waals surface area contributed by atoms with E-state index in [1.54, 1.807) is 0 Å². The number of nitrogens with one attached hydrogen (secondary N) is 2. The molecule has 0 spiro atoms. The van der Waals surface area contributed by atoms with E-state index in [4.69, 9.17) is 9.47 Å². The Labute approximate surface area is 258 Å². The van der Waals surface area contributed by atoms with Gasteiger partial charge in [-0.3, -0.25) is 19.4 Å².